The number of rotatable bonds is 6. The van der Waals surface area contributed by atoms with Gasteiger partial charge in [-0.05, 0) is 17.7 Å². The van der Waals surface area contributed by atoms with Crippen molar-refractivity contribution in [1.29, 1.82) is 0 Å². The lowest BCUT2D eigenvalue weighted by Gasteiger charge is -2.27. The van der Waals surface area contributed by atoms with Crippen LogP contribution >= 0.6 is 0 Å². The zero-order chi connectivity index (χ0) is 21.3. The minimum atomic E-state index is -2.60. The van der Waals surface area contributed by atoms with Crippen molar-refractivity contribution in [2.45, 2.75) is 17.9 Å². The number of carbonyl (C=O) groups excluding carboxylic acids is 3. The summed E-state index contributed by atoms with van der Waals surface area (Å²) in [5.74, 6) is -3.55. The largest absolute Gasteiger partial charge is 0.352 e. The van der Waals surface area contributed by atoms with Crippen molar-refractivity contribution in [1.82, 2.24) is 4.98 Å². The van der Waals surface area contributed by atoms with Crippen molar-refractivity contribution in [2.24, 2.45) is 0 Å². The zero-order valence-electron chi connectivity index (χ0n) is 15.7. The van der Waals surface area contributed by atoms with Crippen LogP contribution in [0.5, 0.6) is 0 Å². The van der Waals surface area contributed by atoms with E-state index in [1.165, 1.54) is 24.4 Å². The first-order valence-electron chi connectivity index (χ1n) is 9.30. The number of nitro groups is 1. The van der Waals surface area contributed by atoms with E-state index in [4.69, 9.17) is 0 Å². The monoisotopic (exact) mass is 400 g/mol. The number of benzene rings is 2. The van der Waals surface area contributed by atoms with E-state index in [0.717, 1.165) is 0 Å². The molecule has 30 heavy (non-hydrogen) atoms. The third-order valence-corrected chi connectivity index (χ3v) is 5.44. The van der Waals surface area contributed by atoms with Gasteiger partial charge in [0.2, 0.25) is 11.6 Å². The SMILES string of the molecule is O=C(C[C@H](c1ccccc1)C1([N+](=O)[O-])C(=O)c2ccccc2C1=O)c1ccccn1. The van der Waals surface area contributed by atoms with Crippen molar-refractivity contribution in [3.05, 3.63) is 111 Å². The molecule has 0 spiro atoms. The molecule has 0 radical (unpaired) electrons. The standard InChI is InChI=1S/C23H16N2O5/c26-20(19-12-6-7-13-24-19)14-18(15-8-2-1-3-9-15)23(25(29)30)21(27)16-10-4-5-11-17(16)22(23)28/h1-13,18H,14H2/t18-/m1/s1. The smallest absolute Gasteiger partial charge is 0.292 e. The van der Waals surface area contributed by atoms with Crippen LogP contribution in [0.15, 0.2) is 79.0 Å². The average molecular weight is 400 g/mol. The number of hydrogen-bond donors (Lipinski definition) is 0. The average Bonchev–Trinajstić information content (AvgIpc) is 3.01. The maximum absolute atomic E-state index is 13.3. The predicted molar refractivity (Wildman–Crippen MR) is 107 cm³/mol. The van der Waals surface area contributed by atoms with Gasteiger partial charge in [0.25, 0.3) is 0 Å². The highest BCUT2D eigenvalue weighted by molar-refractivity contribution is 6.32. The highest BCUT2D eigenvalue weighted by atomic mass is 16.6. The van der Waals surface area contributed by atoms with E-state index in [9.17, 15) is 24.5 Å². The molecule has 0 bridgehead atoms. The first-order chi connectivity index (χ1) is 14.5. The van der Waals surface area contributed by atoms with E-state index in [2.05, 4.69) is 4.98 Å². The Balaban J connectivity index is 1.89. The van der Waals surface area contributed by atoms with Gasteiger partial charge in [-0.25, -0.2) is 0 Å². The van der Waals surface area contributed by atoms with Crippen LogP contribution in [-0.2, 0) is 0 Å². The van der Waals surface area contributed by atoms with E-state index in [0.29, 0.717) is 5.56 Å². The summed E-state index contributed by atoms with van der Waals surface area (Å²) in [6, 6.07) is 18.9. The molecule has 1 aromatic heterocycles. The van der Waals surface area contributed by atoms with Gasteiger partial charge < -0.3 is 0 Å². The predicted octanol–water partition coefficient (Wildman–Crippen LogP) is 3.53. The molecule has 0 N–H and O–H groups in total. The highest BCUT2D eigenvalue weighted by Gasteiger charge is 2.68. The van der Waals surface area contributed by atoms with E-state index in [1.807, 2.05) is 0 Å². The van der Waals surface area contributed by atoms with Crippen LogP contribution in [-0.4, -0.2) is 32.8 Å². The van der Waals surface area contributed by atoms with Gasteiger partial charge in [-0.2, -0.15) is 0 Å². The van der Waals surface area contributed by atoms with Gasteiger partial charge in [0.15, 0.2) is 5.78 Å². The summed E-state index contributed by atoms with van der Waals surface area (Å²) >= 11 is 0. The van der Waals surface area contributed by atoms with Crippen molar-refractivity contribution < 1.29 is 19.3 Å². The minimum Gasteiger partial charge on any atom is -0.292 e. The van der Waals surface area contributed by atoms with Crippen LogP contribution in [0.25, 0.3) is 0 Å². The molecule has 148 valence electrons. The summed E-state index contributed by atoms with van der Waals surface area (Å²) in [7, 11) is 0. The molecular formula is C23H16N2O5. The number of Topliss-reactive ketones (excluding diaryl/α,β-unsaturated/α-hetero) is 3. The maximum atomic E-state index is 13.3. The number of aromatic nitrogens is 1. The number of ketones is 3. The quantitative estimate of drug-likeness (QED) is 0.271. The molecule has 0 saturated heterocycles. The van der Waals surface area contributed by atoms with Crippen LogP contribution in [0.2, 0.25) is 0 Å². The zero-order valence-corrected chi connectivity index (χ0v) is 15.7. The van der Waals surface area contributed by atoms with Gasteiger partial charge in [0.1, 0.15) is 5.69 Å². The van der Waals surface area contributed by atoms with Gasteiger partial charge in [-0.15, -0.1) is 0 Å². The van der Waals surface area contributed by atoms with Crippen LogP contribution in [0.3, 0.4) is 0 Å². The van der Waals surface area contributed by atoms with E-state index in [1.54, 1.807) is 54.6 Å². The molecular weight excluding hydrogens is 384 g/mol. The number of carbonyl (C=O) groups is 3. The second-order valence-corrected chi connectivity index (χ2v) is 7.03. The lowest BCUT2D eigenvalue weighted by molar-refractivity contribution is -0.534. The van der Waals surface area contributed by atoms with Gasteiger partial charge in [0.05, 0.1) is 5.92 Å². The van der Waals surface area contributed by atoms with E-state index in [-0.39, 0.29) is 16.8 Å². The summed E-state index contributed by atoms with van der Waals surface area (Å²) in [4.78, 5) is 55.1. The Bertz CT molecular complexity index is 1120. The lowest BCUT2D eigenvalue weighted by atomic mass is 9.73. The molecule has 7 nitrogen and oxygen atoms in total. The summed E-state index contributed by atoms with van der Waals surface area (Å²) in [5, 5.41) is 12.4. The summed E-state index contributed by atoms with van der Waals surface area (Å²) in [6.45, 7) is 0. The lowest BCUT2D eigenvalue weighted by Crippen LogP contribution is -2.54. The van der Waals surface area contributed by atoms with Crippen LogP contribution in [0.4, 0.5) is 0 Å². The van der Waals surface area contributed by atoms with Crippen molar-refractivity contribution in [3.63, 3.8) is 0 Å². The number of pyridine rings is 1. The highest BCUT2D eigenvalue weighted by Crippen LogP contribution is 2.44. The molecule has 3 aromatic rings. The Labute approximate surface area is 171 Å². The third kappa shape index (κ3) is 2.83. The van der Waals surface area contributed by atoms with E-state index < -0.39 is 40.2 Å². The fraction of sp³-hybridized carbons (Fsp3) is 0.130. The Kier molecular flexibility index (Phi) is 4.79. The fourth-order valence-electron chi connectivity index (χ4n) is 4.01. The topological polar surface area (TPSA) is 107 Å². The molecule has 2 aromatic carbocycles. The van der Waals surface area contributed by atoms with Crippen molar-refractivity contribution >= 4 is 17.3 Å². The molecule has 0 unspecified atom stereocenters. The van der Waals surface area contributed by atoms with Crippen LogP contribution < -0.4 is 0 Å². The number of hydrogen-bond acceptors (Lipinski definition) is 6. The fourth-order valence-corrected chi connectivity index (χ4v) is 4.01. The number of fused-ring (bicyclic) bond motifs is 1. The van der Waals surface area contributed by atoms with Gasteiger partial charge in [-0.1, -0.05) is 60.7 Å². The van der Waals surface area contributed by atoms with Crippen LogP contribution in [0, 0.1) is 10.1 Å². The van der Waals surface area contributed by atoms with Crippen molar-refractivity contribution in [2.75, 3.05) is 0 Å². The second-order valence-electron chi connectivity index (χ2n) is 7.03. The molecule has 7 heteroatoms. The molecule has 1 heterocycles. The molecule has 0 aliphatic heterocycles. The first kappa shape index (κ1) is 19.3. The summed E-state index contributed by atoms with van der Waals surface area (Å²) in [5.41, 5.74) is -2.11. The molecule has 1 aliphatic carbocycles. The first-order valence-corrected chi connectivity index (χ1v) is 9.30. The molecule has 4 rings (SSSR count). The van der Waals surface area contributed by atoms with Crippen molar-refractivity contribution in [3.8, 4) is 0 Å². The Morgan fingerprint density at radius 3 is 2.00 bits per heavy atom. The van der Waals surface area contributed by atoms with Gasteiger partial charge >= 0.3 is 5.54 Å². The Morgan fingerprint density at radius 1 is 0.900 bits per heavy atom. The normalized spacial score (nSPS) is 15.5. The summed E-state index contributed by atoms with van der Waals surface area (Å²) in [6.07, 6.45) is 1.03. The van der Waals surface area contributed by atoms with Crippen LogP contribution in [0.1, 0.15) is 49.1 Å². The molecule has 1 atom stereocenters. The van der Waals surface area contributed by atoms with Gasteiger partial charge in [-0.3, -0.25) is 29.5 Å². The Morgan fingerprint density at radius 2 is 1.47 bits per heavy atom. The molecule has 0 saturated carbocycles. The Hall–Kier alpha value is -4.00. The summed E-state index contributed by atoms with van der Waals surface area (Å²) < 4.78 is 0. The minimum absolute atomic E-state index is 0.00502. The second kappa shape index (κ2) is 7.44. The molecule has 1 aliphatic rings. The molecule has 0 fully saturated rings. The van der Waals surface area contributed by atoms with E-state index >= 15 is 0 Å². The van der Waals surface area contributed by atoms with Gasteiger partial charge in [0, 0.05) is 28.7 Å². The third-order valence-electron chi connectivity index (χ3n) is 5.44. The molecule has 0 amide bonds. The maximum Gasteiger partial charge on any atom is 0.352 e. The number of nitrogens with zero attached hydrogens (tertiary/aromatic N) is 2.